The largest absolute Gasteiger partial charge is 0.506 e. The number of phenolic OH excluding ortho intramolecular Hbond substituents is 2. The summed E-state index contributed by atoms with van der Waals surface area (Å²) in [4.78, 5) is 90.3. The van der Waals surface area contributed by atoms with Gasteiger partial charge in [-0.15, -0.1) is 34.0 Å². The molecular formula is C43H34N12O19S3. The van der Waals surface area contributed by atoms with E-state index in [-0.39, 0.29) is 62.4 Å². The number of nitrogens with one attached hydrogen (secondary N) is 3. The number of nitro benzene ring substituents is 3. The number of hydrogen-bond acceptors (Lipinski definition) is 26. The number of carboxylic acid groups (broad SMARTS) is 1. The number of aromatic nitrogens is 3. The van der Waals surface area contributed by atoms with Crippen molar-refractivity contribution in [3.05, 3.63) is 141 Å². The number of ether oxygens (including phenoxy) is 4. The van der Waals surface area contributed by atoms with Crippen LogP contribution in [-0.4, -0.2) is 114 Å². The zero-order valence-corrected chi connectivity index (χ0v) is 41.8. The molecule has 0 aliphatic carbocycles. The molecule has 3 aromatic carbocycles. The number of rotatable bonds is 16. The van der Waals surface area contributed by atoms with Gasteiger partial charge in [-0.05, 0) is 18.2 Å². The highest BCUT2D eigenvalue weighted by Gasteiger charge is 2.27. The molecule has 0 aliphatic heterocycles. The van der Waals surface area contributed by atoms with E-state index in [2.05, 4.69) is 35.7 Å². The van der Waals surface area contributed by atoms with Gasteiger partial charge in [0.1, 0.15) is 23.7 Å². The number of thiazole rings is 3. The average Bonchev–Trinajstić information content (AvgIpc) is 4.24. The fraction of sp³-hybridized carbons (Fsp3) is 0.116. The van der Waals surface area contributed by atoms with Gasteiger partial charge in [0, 0.05) is 64.1 Å². The number of carbonyl (C=O) groups is 4. The van der Waals surface area contributed by atoms with E-state index < -0.39 is 83.8 Å². The number of carbonyl (C=O) groups excluding carboxylic acids is 3. The topological polar surface area (TPSA) is 462 Å². The number of phenols is 2. The number of methoxy groups -OCH3 is 4. The molecule has 0 saturated carbocycles. The van der Waals surface area contributed by atoms with Gasteiger partial charge in [-0.2, -0.15) is 10.5 Å². The van der Waals surface area contributed by atoms with Crippen molar-refractivity contribution in [2.45, 2.75) is 0 Å². The Hall–Kier alpha value is -11.0. The van der Waals surface area contributed by atoms with E-state index >= 15 is 0 Å². The third-order valence-electron chi connectivity index (χ3n) is 8.73. The summed E-state index contributed by atoms with van der Waals surface area (Å²) in [5, 5.41) is 112. The molecule has 3 heterocycles. The zero-order chi connectivity index (χ0) is 57.5. The maximum absolute atomic E-state index is 12.2. The third-order valence-corrected chi connectivity index (χ3v) is 10.8. The molecular weight excluding hydrogens is 1080 g/mol. The van der Waals surface area contributed by atoms with Gasteiger partial charge in [0.2, 0.25) is 17.2 Å². The maximum Gasteiger partial charge on any atom is 0.336 e. The Balaban J connectivity index is 0.000000282. The molecule has 0 fully saturated rings. The molecule has 6 rings (SSSR count). The number of aromatic hydroxyl groups is 2. The van der Waals surface area contributed by atoms with Gasteiger partial charge in [-0.25, -0.2) is 26.3 Å². The lowest BCUT2D eigenvalue weighted by Crippen LogP contribution is -2.15. The van der Waals surface area contributed by atoms with Gasteiger partial charge >= 0.3 is 28.9 Å². The van der Waals surface area contributed by atoms with E-state index in [4.69, 9.17) is 35.9 Å². The maximum atomic E-state index is 12.2. The SMILES string of the molecule is COc1cc(/C(O)=C(\C#N)C(=O)Nc2nccs2)cc([N+](=O)[O-])c1OC.COc1cc(C(=O)O)cc([N+](=O)[O-])c1OC.N#C/C(C(=O)Nc1nccs1)=C(/O)c1cc(O)c(O)c([N+](=O)[O-])c1.[C-]#[N+]CC(=O)Nc1nccs1. The van der Waals surface area contributed by atoms with Crippen LogP contribution >= 0.6 is 34.0 Å². The molecule has 3 aromatic heterocycles. The van der Waals surface area contributed by atoms with Crippen LogP contribution in [0.5, 0.6) is 34.5 Å². The first-order valence-electron chi connectivity index (χ1n) is 20.0. The summed E-state index contributed by atoms with van der Waals surface area (Å²) in [6.07, 6.45) is 4.46. The first-order valence-corrected chi connectivity index (χ1v) is 22.6. The molecule has 0 aliphatic rings. The standard InChI is InChI=1S/C15H12N4O6S.C13H8N4O6S.C9H9NO6.C6H5N3OS/c1-24-11-6-8(5-10(19(22)23)13(11)25-2)12(20)9(7-16)14(21)18-15-17-3-4-26-15;14-5-7(12(21)16-13-15-1-2-24-13)10(19)6-3-8(17(22)23)11(20)9(18)4-6;1-15-7-4-5(9(11)12)3-6(10(13)14)8(7)16-2;1-7-4-5(10)9-6-8-2-3-11-6/h3-6,20H,1-2H3,(H,17,18,21);1-4,18-20H,(H,15,16,21);3-4H,1-2H3,(H,11,12);2-3H,4H2,(H,8,9,10)/b12-9-;10-7-;;. The van der Waals surface area contributed by atoms with Crippen molar-refractivity contribution in [3.8, 4) is 46.6 Å². The van der Waals surface area contributed by atoms with Crippen LogP contribution in [0.25, 0.3) is 16.4 Å². The van der Waals surface area contributed by atoms with E-state index in [0.29, 0.717) is 5.13 Å². The van der Waals surface area contributed by atoms with E-state index in [1.807, 2.05) is 0 Å². The lowest BCUT2D eigenvalue weighted by Gasteiger charge is -2.11. The van der Waals surface area contributed by atoms with E-state index in [0.717, 1.165) is 53.0 Å². The van der Waals surface area contributed by atoms with E-state index in [1.54, 1.807) is 28.4 Å². The number of nitrogens with zero attached hydrogens (tertiary/aromatic N) is 9. The third kappa shape index (κ3) is 16.5. The first-order chi connectivity index (χ1) is 36.6. The lowest BCUT2D eigenvalue weighted by molar-refractivity contribution is -0.386. The molecule has 0 saturated heterocycles. The molecule has 0 radical (unpaired) electrons. The minimum Gasteiger partial charge on any atom is -0.506 e. The quantitative estimate of drug-likeness (QED) is 0.00949. The van der Waals surface area contributed by atoms with Crippen LogP contribution in [0, 0.1) is 59.6 Å². The zero-order valence-electron chi connectivity index (χ0n) is 39.3. The lowest BCUT2D eigenvalue weighted by atomic mass is 10.1. The second-order valence-corrected chi connectivity index (χ2v) is 16.0. The molecule has 34 heteroatoms. The number of anilines is 3. The first kappa shape index (κ1) is 60.3. The number of aromatic carboxylic acids is 1. The normalized spacial score (nSPS) is 10.5. The van der Waals surface area contributed by atoms with Crippen LogP contribution in [0.3, 0.4) is 0 Å². The van der Waals surface area contributed by atoms with E-state index in [9.17, 15) is 75.2 Å². The van der Waals surface area contributed by atoms with Crippen molar-refractivity contribution in [2.24, 2.45) is 0 Å². The Kier molecular flexibility index (Phi) is 22.6. The Morgan fingerprint density at radius 3 is 1.34 bits per heavy atom. The van der Waals surface area contributed by atoms with Crippen molar-refractivity contribution in [1.82, 2.24) is 15.0 Å². The molecule has 77 heavy (non-hydrogen) atoms. The van der Waals surface area contributed by atoms with E-state index in [1.165, 1.54) is 64.3 Å². The number of aliphatic hydroxyl groups excluding tert-OH is 2. The van der Waals surface area contributed by atoms with Crippen molar-refractivity contribution in [2.75, 3.05) is 50.9 Å². The van der Waals surface area contributed by atoms with Gasteiger partial charge in [-0.1, -0.05) is 0 Å². The molecule has 0 bridgehead atoms. The molecule has 6 aromatic rings. The number of carboxylic acids is 1. The summed E-state index contributed by atoms with van der Waals surface area (Å²) in [7, 11) is 4.99. The summed E-state index contributed by atoms with van der Waals surface area (Å²) in [5.74, 6) is -7.29. The van der Waals surface area contributed by atoms with Crippen LogP contribution in [-0.2, 0) is 14.4 Å². The predicted molar refractivity (Wildman–Crippen MR) is 270 cm³/mol. The van der Waals surface area contributed by atoms with Crippen molar-refractivity contribution >= 4 is 102 Å². The number of nitro groups is 3. The molecule has 31 nitrogen and oxygen atoms in total. The van der Waals surface area contributed by atoms with Crippen LogP contribution in [0.4, 0.5) is 32.5 Å². The van der Waals surface area contributed by atoms with Gasteiger partial charge in [0.05, 0.1) is 48.8 Å². The van der Waals surface area contributed by atoms with Crippen molar-refractivity contribution in [1.29, 1.82) is 10.5 Å². The summed E-state index contributed by atoms with van der Waals surface area (Å²) < 4.78 is 19.6. The second kappa shape index (κ2) is 28.9. The fourth-order valence-electron chi connectivity index (χ4n) is 5.42. The molecule has 8 N–H and O–H groups in total. The predicted octanol–water partition coefficient (Wildman–Crippen LogP) is 6.70. The highest BCUT2D eigenvalue weighted by Crippen LogP contribution is 2.41. The monoisotopic (exact) mass is 1120 g/mol. The average molecular weight is 1120 g/mol. The van der Waals surface area contributed by atoms with Crippen LogP contribution in [0.2, 0.25) is 0 Å². The summed E-state index contributed by atoms with van der Waals surface area (Å²) in [6, 6.07) is 8.84. The number of amides is 3. The Morgan fingerprint density at radius 1 is 0.623 bits per heavy atom. The van der Waals surface area contributed by atoms with Crippen LogP contribution in [0.15, 0.2) is 82.3 Å². The summed E-state index contributed by atoms with van der Waals surface area (Å²) in [6.45, 7) is 6.27. The minimum atomic E-state index is -1.27. The Labute approximate surface area is 442 Å². The summed E-state index contributed by atoms with van der Waals surface area (Å²) >= 11 is 3.53. The second-order valence-electron chi connectivity index (χ2n) is 13.4. The molecule has 0 spiro atoms. The highest BCUT2D eigenvalue weighted by molar-refractivity contribution is 7.14. The number of aliphatic hydroxyl groups is 2. The van der Waals surface area contributed by atoms with Gasteiger partial charge < -0.3 is 49.3 Å². The Morgan fingerprint density at radius 2 is 1.00 bits per heavy atom. The van der Waals surface area contributed by atoms with Gasteiger partial charge in [0.15, 0.2) is 43.8 Å². The van der Waals surface area contributed by atoms with Crippen molar-refractivity contribution < 1.29 is 78.4 Å². The molecule has 398 valence electrons. The molecule has 3 amide bonds. The Bertz CT molecular complexity index is 3370. The summed E-state index contributed by atoms with van der Waals surface area (Å²) in [5.41, 5.74) is -3.99. The fourth-order valence-corrected chi connectivity index (χ4v) is 7.01. The highest BCUT2D eigenvalue weighted by atomic mass is 32.1. The van der Waals surface area contributed by atoms with Crippen LogP contribution in [0.1, 0.15) is 21.5 Å². The van der Waals surface area contributed by atoms with Gasteiger partial charge in [-0.3, -0.25) is 60.7 Å². The molecule has 0 atom stereocenters. The minimum absolute atomic E-state index is 0.00843. The van der Waals surface area contributed by atoms with Crippen molar-refractivity contribution in [3.63, 3.8) is 0 Å². The number of benzene rings is 3. The smallest absolute Gasteiger partial charge is 0.336 e. The van der Waals surface area contributed by atoms with Gasteiger partial charge in [0.25, 0.3) is 18.4 Å². The van der Waals surface area contributed by atoms with Crippen LogP contribution < -0.4 is 34.9 Å². The molecule has 0 unspecified atom stereocenters. The number of nitriles is 2. The number of hydrogen-bond donors (Lipinski definition) is 8.